The van der Waals surface area contributed by atoms with Crippen molar-refractivity contribution in [1.29, 1.82) is 0 Å². The Hall–Kier alpha value is -0.370. The molecule has 0 saturated carbocycles. The molecule has 0 radical (unpaired) electrons. The molecule has 0 aliphatic heterocycles. The second kappa shape index (κ2) is 16.1. The predicted octanol–water partition coefficient (Wildman–Crippen LogP) is 3.71. The number of hydrogen-bond acceptors (Lipinski definition) is 2. The molecule has 0 unspecified atom stereocenters. The van der Waals surface area contributed by atoms with Crippen LogP contribution in [0.15, 0.2) is 0 Å². The monoisotopic (exact) mass is 216 g/mol. The number of ketones is 1. The van der Waals surface area contributed by atoms with Gasteiger partial charge < -0.3 is 9.90 Å². The molecule has 0 saturated heterocycles. The highest BCUT2D eigenvalue weighted by atomic mass is 16.2. The molecule has 92 valence electrons. The van der Waals surface area contributed by atoms with E-state index in [2.05, 4.69) is 6.92 Å². The third-order valence-corrected chi connectivity index (χ3v) is 2.01. The average molecular weight is 216 g/mol. The molecule has 0 heterocycles. The first kappa shape index (κ1) is 17.0. The number of carbonyl (C=O) groups excluding carboxylic acids is 1. The van der Waals surface area contributed by atoms with E-state index in [1.54, 1.807) is 0 Å². The highest BCUT2D eigenvalue weighted by Crippen LogP contribution is 2.07. The second-order valence-corrected chi connectivity index (χ2v) is 4.11. The Morgan fingerprint density at radius 3 is 1.53 bits per heavy atom. The number of unbranched alkanes of at least 4 members (excludes halogenated alkanes) is 7. The second-order valence-electron chi connectivity index (χ2n) is 4.11. The maximum Gasteiger partial charge on any atom is 0.126 e. The summed E-state index contributed by atoms with van der Waals surface area (Å²) in [6.07, 6.45) is 10.4. The molecule has 0 fully saturated rings. The molecule has 0 aromatic rings. The first-order chi connectivity index (χ1) is 7.15. The number of rotatable bonds is 8. The third-order valence-electron chi connectivity index (χ3n) is 2.01. The molecular formula is C13H28O2. The van der Waals surface area contributed by atoms with Crippen LogP contribution in [-0.2, 0) is 4.79 Å². The van der Waals surface area contributed by atoms with Gasteiger partial charge in [-0.1, -0.05) is 51.9 Å². The van der Waals surface area contributed by atoms with Crippen molar-refractivity contribution < 1.29 is 9.90 Å². The van der Waals surface area contributed by atoms with E-state index < -0.39 is 0 Å². The van der Waals surface area contributed by atoms with Gasteiger partial charge >= 0.3 is 0 Å². The lowest BCUT2D eigenvalue weighted by Gasteiger charge is -1.98. The minimum atomic E-state index is 0.167. The first-order valence-corrected chi connectivity index (χ1v) is 6.23. The van der Waals surface area contributed by atoms with Crippen LogP contribution in [0, 0.1) is 0 Å². The van der Waals surface area contributed by atoms with Gasteiger partial charge in [0.15, 0.2) is 0 Å². The van der Waals surface area contributed by atoms with Crippen molar-refractivity contribution in [2.75, 3.05) is 6.61 Å². The van der Waals surface area contributed by atoms with Crippen molar-refractivity contribution in [3.8, 4) is 0 Å². The van der Waals surface area contributed by atoms with Crippen molar-refractivity contribution in [3.63, 3.8) is 0 Å². The van der Waals surface area contributed by atoms with Crippen LogP contribution in [0.1, 0.15) is 72.1 Å². The fourth-order valence-corrected chi connectivity index (χ4v) is 1.25. The van der Waals surface area contributed by atoms with Crippen LogP contribution < -0.4 is 0 Å². The van der Waals surface area contributed by atoms with Crippen LogP contribution in [0.4, 0.5) is 0 Å². The minimum absolute atomic E-state index is 0.167. The van der Waals surface area contributed by atoms with Crippen LogP contribution in [0.2, 0.25) is 0 Å². The topological polar surface area (TPSA) is 37.3 Å². The van der Waals surface area contributed by atoms with E-state index in [-0.39, 0.29) is 5.78 Å². The molecule has 0 spiro atoms. The molecule has 2 heteroatoms. The zero-order valence-electron chi connectivity index (χ0n) is 10.7. The Bertz CT molecular complexity index is 110. The van der Waals surface area contributed by atoms with Gasteiger partial charge in [0.1, 0.15) is 5.78 Å². The number of hydrogen-bond donors (Lipinski definition) is 1. The van der Waals surface area contributed by atoms with E-state index in [0.29, 0.717) is 6.61 Å². The quantitative estimate of drug-likeness (QED) is 0.628. The maximum absolute atomic E-state index is 9.44. The summed E-state index contributed by atoms with van der Waals surface area (Å²) < 4.78 is 0. The van der Waals surface area contributed by atoms with E-state index in [4.69, 9.17) is 5.11 Å². The van der Waals surface area contributed by atoms with Gasteiger partial charge in [-0.3, -0.25) is 0 Å². The molecule has 0 aliphatic carbocycles. The van der Waals surface area contributed by atoms with E-state index in [9.17, 15) is 4.79 Å². The van der Waals surface area contributed by atoms with E-state index in [1.807, 2.05) is 0 Å². The summed E-state index contributed by atoms with van der Waals surface area (Å²) in [6, 6.07) is 0. The van der Waals surface area contributed by atoms with Gasteiger partial charge in [0.05, 0.1) is 0 Å². The smallest absolute Gasteiger partial charge is 0.126 e. The van der Waals surface area contributed by atoms with E-state index >= 15 is 0 Å². The first-order valence-electron chi connectivity index (χ1n) is 6.23. The fourth-order valence-electron chi connectivity index (χ4n) is 1.25. The zero-order chi connectivity index (χ0) is 11.9. The van der Waals surface area contributed by atoms with Crippen molar-refractivity contribution >= 4 is 5.78 Å². The molecule has 0 aromatic carbocycles. The lowest BCUT2D eigenvalue weighted by atomic mass is 10.1. The maximum atomic E-state index is 9.44. The lowest BCUT2D eigenvalue weighted by molar-refractivity contribution is -0.114. The Morgan fingerprint density at radius 2 is 1.20 bits per heavy atom. The SMILES string of the molecule is CC(C)=O.CCCCCCCCCCO. The van der Waals surface area contributed by atoms with Gasteiger partial charge in [-0.2, -0.15) is 0 Å². The van der Waals surface area contributed by atoms with Crippen molar-refractivity contribution in [1.82, 2.24) is 0 Å². The van der Waals surface area contributed by atoms with Gasteiger partial charge in [-0.15, -0.1) is 0 Å². The van der Waals surface area contributed by atoms with Crippen molar-refractivity contribution in [2.45, 2.75) is 72.1 Å². The number of aliphatic hydroxyl groups is 1. The minimum Gasteiger partial charge on any atom is -0.396 e. The Morgan fingerprint density at radius 1 is 0.867 bits per heavy atom. The standard InChI is InChI=1S/C10H22O.C3H6O/c1-2-3-4-5-6-7-8-9-10-11;1-3(2)4/h11H,2-10H2,1H3;1-2H3. The lowest BCUT2D eigenvalue weighted by Crippen LogP contribution is -1.83. The number of aliphatic hydroxyl groups excluding tert-OH is 1. The highest BCUT2D eigenvalue weighted by Gasteiger charge is 1.89. The highest BCUT2D eigenvalue weighted by molar-refractivity contribution is 5.72. The van der Waals surface area contributed by atoms with Crippen LogP contribution in [0.5, 0.6) is 0 Å². The summed E-state index contributed by atoms with van der Waals surface area (Å²) >= 11 is 0. The number of carbonyl (C=O) groups is 1. The molecule has 0 atom stereocenters. The fraction of sp³-hybridized carbons (Fsp3) is 0.923. The molecule has 0 bridgehead atoms. The molecule has 2 nitrogen and oxygen atoms in total. The normalized spacial score (nSPS) is 9.33. The Kier molecular flexibility index (Phi) is 18.3. The summed E-state index contributed by atoms with van der Waals surface area (Å²) in [6.45, 7) is 5.67. The summed E-state index contributed by atoms with van der Waals surface area (Å²) in [7, 11) is 0. The van der Waals surface area contributed by atoms with Gasteiger partial charge in [0, 0.05) is 6.61 Å². The molecule has 0 aromatic heterocycles. The van der Waals surface area contributed by atoms with Crippen LogP contribution >= 0.6 is 0 Å². The van der Waals surface area contributed by atoms with Crippen molar-refractivity contribution in [2.24, 2.45) is 0 Å². The average Bonchev–Trinajstić information content (AvgIpc) is 2.16. The van der Waals surface area contributed by atoms with E-state index in [0.717, 1.165) is 6.42 Å². The summed E-state index contributed by atoms with van der Waals surface area (Å²) in [5.41, 5.74) is 0. The molecule has 15 heavy (non-hydrogen) atoms. The summed E-state index contributed by atoms with van der Waals surface area (Å²) in [4.78, 5) is 9.44. The van der Waals surface area contributed by atoms with Gasteiger partial charge in [-0.25, -0.2) is 0 Å². The zero-order valence-corrected chi connectivity index (χ0v) is 10.7. The third kappa shape index (κ3) is 31.7. The van der Waals surface area contributed by atoms with Crippen molar-refractivity contribution in [3.05, 3.63) is 0 Å². The summed E-state index contributed by atoms with van der Waals surface area (Å²) in [5.74, 6) is 0.167. The molecule has 0 aliphatic rings. The van der Waals surface area contributed by atoms with Crippen LogP contribution in [-0.4, -0.2) is 17.5 Å². The molecule has 0 amide bonds. The van der Waals surface area contributed by atoms with Crippen LogP contribution in [0.3, 0.4) is 0 Å². The molecular weight excluding hydrogens is 188 g/mol. The van der Waals surface area contributed by atoms with Gasteiger partial charge in [0.2, 0.25) is 0 Å². The Labute approximate surface area is 95.1 Å². The predicted molar refractivity (Wildman–Crippen MR) is 66.1 cm³/mol. The summed E-state index contributed by atoms with van der Waals surface area (Å²) in [5, 5.41) is 8.51. The number of Topliss-reactive ketones (excluding diaryl/α,β-unsaturated/α-hetero) is 1. The van der Waals surface area contributed by atoms with Gasteiger partial charge in [0.25, 0.3) is 0 Å². The largest absolute Gasteiger partial charge is 0.396 e. The Balaban J connectivity index is 0. The van der Waals surface area contributed by atoms with Crippen LogP contribution in [0.25, 0.3) is 0 Å². The molecule has 1 N–H and O–H groups in total. The van der Waals surface area contributed by atoms with Gasteiger partial charge in [-0.05, 0) is 20.3 Å². The van der Waals surface area contributed by atoms with E-state index in [1.165, 1.54) is 58.8 Å². The molecule has 0 rings (SSSR count).